The molecule has 0 unspecified atom stereocenters. The van der Waals surface area contributed by atoms with Gasteiger partial charge in [-0.15, -0.1) is 0 Å². The Balaban J connectivity index is 2.43. The summed E-state index contributed by atoms with van der Waals surface area (Å²) >= 11 is 5.87. The molecule has 0 fully saturated rings. The predicted molar refractivity (Wildman–Crippen MR) is 66.4 cm³/mol. The molecule has 16 heavy (non-hydrogen) atoms. The van der Waals surface area contributed by atoms with E-state index in [0.717, 1.165) is 22.7 Å². The second-order valence-corrected chi connectivity index (χ2v) is 4.10. The minimum atomic E-state index is 0.753. The van der Waals surface area contributed by atoms with Crippen molar-refractivity contribution in [2.24, 2.45) is 7.05 Å². The average Bonchev–Trinajstić information content (AvgIpc) is 2.63. The maximum atomic E-state index is 5.87. The molecule has 0 atom stereocenters. The van der Waals surface area contributed by atoms with Gasteiger partial charge in [-0.05, 0) is 24.7 Å². The van der Waals surface area contributed by atoms with Crippen LogP contribution in [0, 0.1) is 0 Å². The number of aryl methyl sites for hydroxylation is 1. The van der Waals surface area contributed by atoms with Gasteiger partial charge in [0.25, 0.3) is 0 Å². The van der Waals surface area contributed by atoms with E-state index in [9.17, 15) is 0 Å². The zero-order chi connectivity index (χ0) is 11.5. The number of aromatic nitrogens is 2. The third kappa shape index (κ3) is 2.10. The standard InChI is InChI=1S/C12H14ClN3/c1-14-8-12-11(7-15-16(12)2)9-3-5-10(13)6-4-9/h3-7,14H,8H2,1-2H3. The van der Waals surface area contributed by atoms with Crippen molar-refractivity contribution in [2.75, 3.05) is 7.05 Å². The quantitative estimate of drug-likeness (QED) is 0.886. The Kier molecular flexibility index (Phi) is 3.27. The van der Waals surface area contributed by atoms with Crippen molar-refractivity contribution in [3.8, 4) is 11.1 Å². The first-order valence-corrected chi connectivity index (χ1v) is 5.51. The van der Waals surface area contributed by atoms with Crippen LogP contribution in [0.3, 0.4) is 0 Å². The number of halogens is 1. The Labute approximate surface area is 100 Å². The van der Waals surface area contributed by atoms with E-state index >= 15 is 0 Å². The van der Waals surface area contributed by atoms with Crippen LogP contribution in [-0.4, -0.2) is 16.8 Å². The molecule has 4 heteroatoms. The van der Waals surface area contributed by atoms with Crippen molar-refractivity contribution in [2.45, 2.75) is 6.54 Å². The molecular formula is C12H14ClN3. The minimum Gasteiger partial charge on any atom is -0.314 e. The molecule has 0 amide bonds. The van der Waals surface area contributed by atoms with Gasteiger partial charge >= 0.3 is 0 Å². The molecule has 0 radical (unpaired) electrons. The van der Waals surface area contributed by atoms with Crippen molar-refractivity contribution in [3.63, 3.8) is 0 Å². The van der Waals surface area contributed by atoms with Crippen LogP contribution < -0.4 is 5.32 Å². The zero-order valence-corrected chi connectivity index (χ0v) is 10.1. The van der Waals surface area contributed by atoms with E-state index in [1.165, 1.54) is 5.69 Å². The normalized spacial score (nSPS) is 10.7. The SMILES string of the molecule is CNCc1c(-c2ccc(Cl)cc2)cnn1C. The van der Waals surface area contributed by atoms with Crippen LogP contribution in [-0.2, 0) is 13.6 Å². The van der Waals surface area contributed by atoms with Gasteiger partial charge in [-0.25, -0.2) is 0 Å². The monoisotopic (exact) mass is 235 g/mol. The lowest BCUT2D eigenvalue weighted by Crippen LogP contribution is -2.10. The molecule has 1 heterocycles. The van der Waals surface area contributed by atoms with Gasteiger partial charge in [-0.2, -0.15) is 5.10 Å². The molecule has 0 aliphatic rings. The number of hydrogen-bond donors (Lipinski definition) is 1. The van der Waals surface area contributed by atoms with Gasteiger partial charge in [-0.3, -0.25) is 4.68 Å². The predicted octanol–water partition coefficient (Wildman–Crippen LogP) is 2.46. The summed E-state index contributed by atoms with van der Waals surface area (Å²) in [6.45, 7) is 0.800. The third-order valence-corrected chi connectivity index (χ3v) is 2.81. The van der Waals surface area contributed by atoms with E-state index in [0.29, 0.717) is 0 Å². The second kappa shape index (κ2) is 4.68. The maximum Gasteiger partial charge on any atom is 0.0597 e. The van der Waals surface area contributed by atoms with Gasteiger partial charge in [0.15, 0.2) is 0 Å². The molecule has 1 aromatic heterocycles. The van der Waals surface area contributed by atoms with Crippen LogP contribution >= 0.6 is 11.6 Å². The molecule has 0 bridgehead atoms. The number of benzene rings is 1. The number of nitrogens with zero attached hydrogens (tertiary/aromatic N) is 2. The number of hydrogen-bond acceptors (Lipinski definition) is 2. The molecule has 0 aliphatic heterocycles. The largest absolute Gasteiger partial charge is 0.314 e. The van der Waals surface area contributed by atoms with Crippen LogP contribution in [0.15, 0.2) is 30.5 Å². The Morgan fingerprint density at radius 2 is 2.00 bits per heavy atom. The van der Waals surface area contributed by atoms with E-state index in [1.54, 1.807) is 0 Å². The Bertz CT molecular complexity index is 474. The summed E-state index contributed by atoms with van der Waals surface area (Å²) < 4.78 is 1.89. The topological polar surface area (TPSA) is 29.9 Å². The van der Waals surface area contributed by atoms with E-state index in [4.69, 9.17) is 11.6 Å². The van der Waals surface area contributed by atoms with Crippen molar-refractivity contribution in [1.29, 1.82) is 0 Å². The fourth-order valence-electron chi connectivity index (χ4n) is 1.71. The van der Waals surface area contributed by atoms with Gasteiger partial charge in [0.1, 0.15) is 0 Å². The number of nitrogens with one attached hydrogen (secondary N) is 1. The summed E-state index contributed by atoms with van der Waals surface area (Å²) in [5.41, 5.74) is 3.46. The molecule has 3 nitrogen and oxygen atoms in total. The minimum absolute atomic E-state index is 0.753. The van der Waals surface area contributed by atoms with Gasteiger partial charge in [0.05, 0.1) is 11.9 Å². The molecule has 1 aromatic carbocycles. The lowest BCUT2D eigenvalue weighted by atomic mass is 10.1. The fraction of sp³-hybridized carbons (Fsp3) is 0.250. The van der Waals surface area contributed by atoms with E-state index in [-0.39, 0.29) is 0 Å². The average molecular weight is 236 g/mol. The Morgan fingerprint density at radius 1 is 1.31 bits per heavy atom. The summed E-state index contributed by atoms with van der Waals surface area (Å²) in [5, 5.41) is 8.18. The van der Waals surface area contributed by atoms with E-state index < -0.39 is 0 Å². The molecular weight excluding hydrogens is 222 g/mol. The summed E-state index contributed by atoms with van der Waals surface area (Å²) in [7, 11) is 3.88. The Morgan fingerprint density at radius 3 is 2.62 bits per heavy atom. The summed E-state index contributed by atoms with van der Waals surface area (Å²) in [4.78, 5) is 0. The maximum absolute atomic E-state index is 5.87. The molecule has 84 valence electrons. The summed E-state index contributed by atoms with van der Waals surface area (Å²) in [6, 6.07) is 7.82. The van der Waals surface area contributed by atoms with Gasteiger partial charge < -0.3 is 5.32 Å². The summed E-state index contributed by atoms with van der Waals surface area (Å²) in [6.07, 6.45) is 1.88. The van der Waals surface area contributed by atoms with Crippen molar-refractivity contribution < 1.29 is 0 Å². The van der Waals surface area contributed by atoms with Crippen LogP contribution in [0.2, 0.25) is 5.02 Å². The molecule has 0 aliphatic carbocycles. The van der Waals surface area contributed by atoms with E-state index in [2.05, 4.69) is 10.4 Å². The second-order valence-electron chi connectivity index (χ2n) is 3.67. The van der Waals surface area contributed by atoms with Crippen molar-refractivity contribution in [3.05, 3.63) is 41.2 Å². The van der Waals surface area contributed by atoms with Crippen LogP contribution in [0.4, 0.5) is 0 Å². The van der Waals surface area contributed by atoms with Crippen LogP contribution in [0.25, 0.3) is 11.1 Å². The fourth-order valence-corrected chi connectivity index (χ4v) is 1.84. The molecule has 0 saturated carbocycles. The molecule has 2 rings (SSSR count). The van der Waals surface area contributed by atoms with Crippen molar-refractivity contribution >= 4 is 11.6 Å². The molecule has 2 aromatic rings. The van der Waals surface area contributed by atoms with Crippen LogP contribution in [0.5, 0.6) is 0 Å². The third-order valence-electron chi connectivity index (χ3n) is 2.56. The molecule has 0 spiro atoms. The first kappa shape index (κ1) is 11.2. The smallest absolute Gasteiger partial charge is 0.0597 e. The van der Waals surface area contributed by atoms with Gasteiger partial charge in [0, 0.05) is 24.2 Å². The van der Waals surface area contributed by atoms with Crippen LogP contribution in [0.1, 0.15) is 5.69 Å². The van der Waals surface area contributed by atoms with Gasteiger partial charge in [0.2, 0.25) is 0 Å². The lowest BCUT2D eigenvalue weighted by molar-refractivity contribution is 0.673. The number of rotatable bonds is 3. The van der Waals surface area contributed by atoms with Gasteiger partial charge in [-0.1, -0.05) is 23.7 Å². The highest BCUT2D eigenvalue weighted by molar-refractivity contribution is 6.30. The highest BCUT2D eigenvalue weighted by Gasteiger charge is 2.09. The first-order chi connectivity index (χ1) is 7.72. The highest BCUT2D eigenvalue weighted by atomic mass is 35.5. The Hall–Kier alpha value is -1.32. The molecule has 1 N–H and O–H groups in total. The van der Waals surface area contributed by atoms with Crippen molar-refractivity contribution in [1.82, 2.24) is 15.1 Å². The lowest BCUT2D eigenvalue weighted by Gasteiger charge is -2.05. The summed E-state index contributed by atoms with van der Waals surface area (Å²) in [5.74, 6) is 0. The highest BCUT2D eigenvalue weighted by Crippen LogP contribution is 2.24. The van der Waals surface area contributed by atoms with E-state index in [1.807, 2.05) is 49.2 Å². The first-order valence-electron chi connectivity index (χ1n) is 5.14. The molecule has 0 saturated heterocycles. The zero-order valence-electron chi connectivity index (χ0n) is 9.37.